The number of carbonyl (C=O) groups is 1. The van der Waals surface area contributed by atoms with Crippen LogP contribution in [0.1, 0.15) is 106 Å². The average Bonchev–Trinajstić information content (AvgIpc) is 3.23. The Bertz CT molecular complexity index is 1160. The molecule has 0 unspecified atom stereocenters. The number of rotatable bonds is 6. The third kappa shape index (κ3) is 3.93. The zero-order valence-electron chi connectivity index (χ0n) is 27.4. The smallest absolute Gasteiger partial charge is 0.330 e. The topological polar surface area (TPSA) is 85.2 Å². The third-order valence-electron chi connectivity index (χ3n) is 14.5. The summed E-state index contributed by atoms with van der Waals surface area (Å²) in [6.45, 7) is 19.2. The van der Waals surface area contributed by atoms with Crippen LogP contribution in [0.4, 0.5) is 0 Å². The summed E-state index contributed by atoms with van der Waals surface area (Å²) in [5.74, 6) is 1.24. The first-order chi connectivity index (χ1) is 19.6. The van der Waals surface area contributed by atoms with E-state index in [4.69, 9.17) is 14.2 Å². The van der Waals surface area contributed by atoms with Crippen molar-refractivity contribution < 1.29 is 29.2 Å². The fourth-order valence-corrected chi connectivity index (χ4v) is 12.7. The van der Waals surface area contributed by atoms with E-state index in [0.29, 0.717) is 17.8 Å². The molecule has 236 valence electrons. The van der Waals surface area contributed by atoms with Crippen LogP contribution < -0.4 is 0 Å². The van der Waals surface area contributed by atoms with Gasteiger partial charge in [0.2, 0.25) is 0 Å². The van der Waals surface area contributed by atoms with E-state index in [1.807, 2.05) is 20.8 Å². The van der Waals surface area contributed by atoms with E-state index in [2.05, 4.69) is 34.3 Å². The molecule has 2 N–H and O–H groups in total. The Balaban J connectivity index is 1.27. The highest BCUT2D eigenvalue weighted by Crippen LogP contribution is 2.91. The highest BCUT2D eigenvalue weighted by Gasteiger charge is 2.85. The Morgan fingerprint density at radius 1 is 1.02 bits per heavy atom. The second kappa shape index (κ2) is 9.89. The molecule has 6 fully saturated rings. The first-order valence-corrected chi connectivity index (χ1v) is 16.6. The van der Waals surface area contributed by atoms with Gasteiger partial charge in [0.25, 0.3) is 0 Å². The normalized spacial score (nSPS) is 50.9. The summed E-state index contributed by atoms with van der Waals surface area (Å²) < 4.78 is 18.3. The monoisotopic (exact) mass is 584 g/mol. The molecule has 0 amide bonds. The van der Waals surface area contributed by atoms with Crippen molar-refractivity contribution in [3.63, 3.8) is 0 Å². The summed E-state index contributed by atoms with van der Waals surface area (Å²) in [4.78, 5) is 12.7. The van der Waals surface area contributed by atoms with Crippen molar-refractivity contribution in [2.45, 2.75) is 137 Å². The summed E-state index contributed by atoms with van der Waals surface area (Å²) >= 11 is 0. The van der Waals surface area contributed by atoms with Gasteiger partial charge in [0, 0.05) is 29.9 Å². The first kappa shape index (κ1) is 30.8. The molecule has 6 aliphatic rings. The van der Waals surface area contributed by atoms with Gasteiger partial charge in [-0.05, 0) is 118 Å². The maximum Gasteiger partial charge on any atom is 0.330 e. The van der Waals surface area contributed by atoms with Crippen LogP contribution in [0.5, 0.6) is 0 Å². The fourth-order valence-electron chi connectivity index (χ4n) is 12.7. The van der Waals surface area contributed by atoms with Crippen molar-refractivity contribution in [2.24, 2.45) is 50.7 Å². The lowest BCUT2D eigenvalue weighted by Gasteiger charge is -2.68. The quantitative estimate of drug-likeness (QED) is 0.208. The zero-order valence-corrected chi connectivity index (χ0v) is 27.4. The molecule has 13 atom stereocenters. The van der Waals surface area contributed by atoms with Crippen LogP contribution in [0.15, 0.2) is 23.8 Å². The van der Waals surface area contributed by atoms with Gasteiger partial charge in [-0.15, -0.1) is 0 Å². The van der Waals surface area contributed by atoms with Crippen molar-refractivity contribution in [1.29, 1.82) is 0 Å². The van der Waals surface area contributed by atoms with Gasteiger partial charge in [0.05, 0.1) is 12.2 Å². The van der Waals surface area contributed by atoms with Crippen molar-refractivity contribution in [3.05, 3.63) is 23.8 Å². The average molecular weight is 585 g/mol. The van der Waals surface area contributed by atoms with E-state index < -0.39 is 6.10 Å². The Hall–Kier alpha value is -1.21. The number of hydrogen-bond donors (Lipinski definition) is 2. The maximum atomic E-state index is 12.7. The maximum absolute atomic E-state index is 12.7. The molecule has 5 aliphatic carbocycles. The molecule has 1 aliphatic heterocycles. The molecular weight excluding hydrogens is 528 g/mol. The van der Waals surface area contributed by atoms with Crippen LogP contribution in [0.3, 0.4) is 0 Å². The Morgan fingerprint density at radius 2 is 1.74 bits per heavy atom. The molecule has 6 heteroatoms. The fraction of sp³-hybridized carbons (Fsp3) is 0.861. The standard InChI is InChI=1S/C36H56O6/c1-20(2)16-29(38)42-28-12-13-33(7)25-11-14-35-19-36(35,34(25,8)27(37)18-26(33)32(28,5)6)15-10-23(35)22-17-24(30(39)21(3)4)41-31(22)40-9/h16,22-28,30-31,37,39H,3,10-15,17-19H2,1-2,4-9H3/t22-,23-,24+,25+,26-,27+,28-,30-,31+,33+,34-,35+,36+/m0/s1. The number of aliphatic hydroxyl groups is 2. The number of aliphatic hydroxyl groups excluding tert-OH is 2. The van der Waals surface area contributed by atoms with E-state index in [1.54, 1.807) is 13.2 Å². The molecule has 0 bridgehead atoms. The summed E-state index contributed by atoms with van der Waals surface area (Å²) in [6.07, 6.45) is 9.21. The highest BCUT2D eigenvalue weighted by atomic mass is 16.7. The predicted molar refractivity (Wildman–Crippen MR) is 162 cm³/mol. The van der Waals surface area contributed by atoms with Crippen LogP contribution in [0.2, 0.25) is 0 Å². The van der Waals surface area contributed by atoms with Crippen molar-refractivity contribution in [3.8, 4) is 0 Å². The van der Waals surface area contributed by atoms with Crippen molar-refractivity contribution in [2.75, 3.05) is 7.11 Å². The molecule has 6 rings (SSSR count). The van der Waals surface area contributed by atoms with E-state index in [9.17, 15) is 15.0 Å². The second-order valence-corrected chi connectivity index (χ2v) is 16.7. The van der Waals surface area contributed by atoms with Gasteiger partial charge < -0.3 is 24.4 Å². The lowest BCUT2D eigenvalue weighted by atomic mass is 9.37. The minimum absolute atomic E-state index is 0.0979. The van der Waals surface area contributed by atoms with Gasteiger partial charge in [0.1, 0.15) is 12.2 Å². The zero-order chi connectivity index (χ0) is 30.6. The minimum atomic E-state index is -0.666. The van der Waals surface area contributed by atoms with Gasteiger partial charge in [-0.2, -0.15) is 0 Å². The molecule has 0 aromatic rings. The molecule has 0 aromatic heterocycles. The van der Waals surface area contributed by atoms with Crippen LogP contribution in [-0.4, -0.2) is 54.0 Å². The molecule has 1 saturated heterocycles. The predicted octanol–water partition coefficient (Wildman–Crippen LogP) is 6.59. The van der Waals surface area contributed by atoms with E-state index >= 15 is 0 Å². The van der Waals surface area contributed by atoms with Gasteiger partial charge in [-0.3, -0.25) is 0 Å². The molecule has 42 heavy (non-hydrogen) atoms. The number of ether oxygens (including phenoxy) is 3. The molecule has 6 nitrogen and oxygen atoms in total. The number of methoxy groups -OCH3 is 1. The van der Waals surface area contributed by atoms with Crippen LogP contribution >= 0.6 is 0 Å². The van der Waals surface area contributed by atoms with Crippen LogP contribution in [-0.2, 0) is 19.0 Å². The van der Waals surface area contributed by atoms with Gasteiger partial charge >= 0.3 is 5.97 Å². The molecular formula is C36H56O6. The number of esters is 1. The summed E-state index contributed by atoms with van der Waals surface area (Å²) in [7, 11) is 1.74. The summed E-state index contributed by atoms with van der Waals surface area (Å²) in [5, 5.41) is 23.1. The molecule has 1 heterocycles. The SMILES string of the molecule is C=C(C)[C@H](O)[C@H]1C[C@@H]([C@@H]2CC[C@]34C[C@]23CC[C@@H]2[C@@]3(C)CC[C@H](OC(=O)C=C(C)C)C(C)(C)[C@@H]3C[C@@H](O)[C@]24C)[C@H](OC)O1. The third-order valence-corrected chi connectivity index (χ3v) is 14.5. The number of allylic oxidation sites excluding steroid dienone is 1. The number of carbonyl (C=O) groups excluding carboxylic acids is 1. The van der Waals surface area contributed by atoms with Crippen LogP contribution in [0.25, 0.3) is 0 Å². The second-order valence-electron chi connectivity index (χ2n) is 16.7. The number of fused-ring (bicyclic) bond motifs is 3. The Kier molecular flexibility index (Phi) is 7.26. The largest absolute Gasteiger partial charge is 0.459 e. The lowest BCUT2D eigenvalue weighted by Crippen LogP contribution is -2.66. The van der Waals surface area contributed by atoms with Gasteiger partial charge in [0.15, 0.2) is 6.29 Å². The molecule has 0 aromatic carbocycles. The van der Waals surface area contributed by atoms with Gasteiger partial charge in [-0.1, -0.05) is 39.8 Å². The number of hydrogen-bond acceptors (Lipinski definition) is 6. The first-order valence-electron chi connectivity index (χ1n) is 16.6. The van der Waals surface area contributed by atoms with Crippen molar-refractivity contribution in [1.82, 2.24) is 0 Å². The summed E-state index contributed by atoms with van der Waals surface area (Å²) in [6, 6.07) is 0. The molecule has 0 radical (unpaired) electrons. The lowest BCUT2D eigenvalue weighted by molar-refractivity contribution is -0.245. The Labute approximate surface area is 253 Å². The van der Waals surface area contributed by atoms with E-state index in [1.165, 1.54) is 12.8 Å². The molecule has 0 spiro atoms. The van der Waals surface area contributed by atoms with E-state index in [0.717, 1.165) is 56.1 Å². The molecule has 5 saturated carbocycles. The van der Waals surface area contributed by atoms with Crippen molar-refractivity contribution >= 4 is 5.97 Å². The Morgan fingerprint density at radius 3 is 2.38 bits per heavy atom. The van der Waals surface area contributed by atoms with Gasteiger partial charge in [-0.25, -0.2) is 4.79 Å². The summed E-state index contributed by atoms with van der Waals surface area (Å²) in [5.41, 5.74) is 1.83. The van der Waals surface area contributed by atoms with Crippen LogP contribution in [0, 0.1) is 50.7 Å². The van der Waals surface area contributed by atoms with E-state index in [-0.39, 0.29) is 63.6 Å². The minimum Gasteiger partial charge on any atom is -0.459 e. The highest BCUT2D eigenvalue weighted by molar-refractivity contribution is 5.82.